The molecular formula is C16H16N4S. The number of hydrogen-bond acceptors (Lipinski definition) is 4. The molecule has 0 bridgehead atoms. The number of hydrogen-bond donors (Lipinski definition) is 1. The van der Waals surface area contributed by atoms with Gasteiger partial charge in [0, 0.05) is 4.88 Å². The van der Waals surface area contributed by atoms with E-state index in [-0.39, 0.29) is 6.04 Å². The van der Waals surface area contributed by atoms with E-state index in [0.29, 0.717) is 6.04 Å². The fourth-order valence-electron chi connectivity index (χ4n) is 3.02. The molecule has 106 valence electrons. The first-order valence-corrected chi connectivity index (χ1v) is 7.96. The van der Waals surface area contributed by atoms with Crippen LogP contribution in [0.5, 0.6) is 0 Å². The maximum Gasteiger partial charge on any atom is 0.222 e. The molecule has 0 amide bonds. The van der Waals surface area contributed by atoms with Gasteiger partial charge in [0.05, 0.1) is 12.1 Å². The number of nitrogens with zero attached hydrogens (tertiary/aromatic N) is 3. The number of aromatic nitrogens is 3. The van der Waals surface area contributed by atoms with E-state index in [1.165, 1.54) is 16.0 Å². The van der Waals surface area contributed by atoms with Crippen LogP contribution in [0.3, 0.4) is 0 Å². The molecule has 5 heteroatoms. The van der Waals surface area contributed by atoms with E-state index in [0.717, 1.165) is 12.4 Å². The average molecular weight is 296 g/mol. The summed E-state index contributed by atoms with van der Waals surface area (Å²) in [5.41, 5.74) is 2.63. The largest absolute Gasteiger partial charge is 0.347 e. The van der Waals surface area contributed by atoms with Gasteiger partial charge in [-0.1, -0.05) is 30.3 Å². The molecule has 0 fully saturated rings. The van der Waals surface area contributed by atoms with E-state index in [9.17, 15) is 0 Å². The minimum absolute atomic E-state index is 0.233. The molecule has 0 spiro atoms. The van der Waals surface area contributed by atoms with E-state index in [1.54, 1.807) is 17.7 Å². The maximum absolute atomic E-state index is 4.42. The number of anilines is 1. The Morgan fingerprint density at radius 1 is 1.24 bits per heavy atom. The van der Waals surface area contributed by atoms with Crippen molar-refractivity contribution in [2.75, 3.05) is 5.32 Å². The Kier molecular flexibility index (Phi) is 3.00. The molecule has 1 aromatic carbocycles. The highest BCUT2D eigenvalue weighted by atomic mass is 32.1. The fraction of sp³-hybridized carbons (Fsp3) is 0.250. The molecule has 0 saturated carbocycles. The molecule has 1 aliphatic rings. The van der Waals surface area contributed by atoms with Crippen molar-refractivity contribution in [3.05, 3.63) is 64.1 Å². The molecule has 4 rings (SSSR count). The van der Waals surface area contributed by atoms with Crippen molar-refractivity contribution in [3.8, 4) is 0 Å². The molecule has 2 unspecified atom stereocenters. The zero-order chi connectivity index (χ0) is 14.2. The summed E-state index contributed by atoms with van der Waals surface area (Å²) >= 11 is 1.79. The number of aryl methyl sites for hydroxylation is 1. The summed E-state index contributed by atoms with van der Waals surface area (Å²) in [6.45, 7) is 2.16. The second kappa shape index (κ2) is 5.00. The van der Waals surface area contributed by atoms with E-state index in [2.05, 4.69) is 64.1 Å². The van der Waals surface area contributed by atoms with Crippen LogP contribution in [-0.4, -0.2) is 14.8 Å². The van der Waals surface area contributed by atoms with Crippen molar-refractivity contribution in [1.82, 2.24) is 14.8 Å². The number of thiophene rings is 1. The minimum atomic E-state index is 0.233. The topological polar surface area (TPSA) is 42.7 Å². The van der Waals surface area contributed by atoms with Gasteiger partial charge in [0.1, 0.15) is 6.33 Å². The summed E-state index contributed by atoms with van der Waals surface area (Å²) in [4.78, 5) is 5.72. The van der Waals surface area contributed by atoms with Crippen LogP contribution in [0.25, 0.3) is 0 Å². The molecule has 1 aliphatic heterocycles. The van der Waals surface area contributed by atoms with Crippen LogP contribution < -0.4 is 5.32 Å². The van der Waals surface area contributed by atoms with Crippen LogP contribution in [0.4, 0.5) is 5.95 Å². The Morgan fingerprint density at radius 2 is 2.14 bits per heavy atom. The third-order valence-corrected chi connectivity index (χ3v) is 5.05. The van der Waals surface area contributed by atoms with Gasteiger partial charge in [-0.25, -0.2) is 4.68 Å². The Labute approximate surface area is 127 Å². The standard InChI is InChI=1S/C16H16N4S/c1-11-5-2-3-6-12(11)14-9-13(15-7-4-8-21-15)19-16-17-10-18-20(14)16/h2-8,10,13-14H,9H2,1H3,(H,17,18,19). The monoisotopic (exact) mass is 296 g/mol. The molecule has 1 N–H and O–H groups in total. The van der Waals surface area contributed by atoms with Crippen LogP contribution >= 0.6 is 11.3 Å². The van der Waals surface area contributed by atoms with Crippen LogP contribution in [-0.2, 0) is 0 Å². The first-order valence-electron chi connectivity index (χ1n) is 7.08. The van der Waals surface area contributed by atoms with Gasteiger partial charge in [-0.3, -0.25) is 0 Å². The fourth-order valence-corrected chi connectivity index (χ4v) is 3.81. The lowest BCUT2D eigenvalue weighted by atomic mass is 9.94. The molecule has 2 aromatic heterocycles. The van der Waals surface area contributed by atoms with Crippen molar-refractivity contribution in [3.63, 3.8) is 0 Å². The van der Waals surface area contributed by atoms with Crippen LogP contribution in [0.1, 0.15) is 34.5 Å². The molecule has 4 nitrogen and oxygen atoms in total. The molecule has 0 saturated heterocycles. The van der Waals surface area contributed by atoms with Crippen molar-refractivity contribution >= 4 is 17.3 Å². The van der Waals surface area contributed by atoms with Crippen LogP contribution in [0, 0.1) is 6.92 Å². The smallest absolute Gasteiger partial charge is 0.222 e. The summed E-state index contributed by atoms with van der Waals surface area (Å²) in [5.74, 6) is 0.855. The van der Waals surface area contributed by atoms with Gasteiger partial charge in [0.25, 0.3) is 0 Å². The molecule has 2 atom stereocenters. The molecule has 0 aliphatic carbocycles. The summed E-state index contributed by atoms with van der Waals surface area (Å²) in [7, 11) is 0. The number of rotatable bonds is 2. The lowest BCUT2D eigenvalue weighted by Crippen LogP contribution is -2.28. The van der Waals surface area contributed by atoms with Gasteiger partial charge in [0.2, 0.25) is 5.95 Å². The van der Waals surface area contributed by atoms with Gasteiger partial charge in [0.15, 0.2) is 0 Å². The SMILES string of the molecule is Cc1ccccc1C1CC(c2cccs2)Nc2ncnn21. The lowest BCUT2D eigenvalue weighted by Gasteiger charge is -2.31. The van der Waals surface area contributed by atoms with Crippen LogP contribution in [0.15, 0.2) is 48.1 Å². The van der Waals surface area contributed by atoms with E-state index in [1.807, 2.05) is 4.68 Å². The highest BCUT2D eigenvalue weighted by Gasteiger charge is 2.30. The second-order valence-electron chi connectivity index (χ2n) is 5.35. The maximum atomic E-state index is 4.42. The van der Waals surface area contributed by atoms with Gasteiger partial charge < -0.3 is 5.32 Å². The molecular weight excluding hydrogens is 280 g/mol. The van der Waals surface area contributed by atoms with Gasteiger partial charge in [-0.2, -0.15) is 10.1 Å². The normalized spacial score (nSPS) is 20.8. The van der Waals surface area contributed by atoms with E-state index >= 15 is 0 Å². The molecule has 0 radical (unpaired) electrons. The summed E-state index contributed by atoms with van der Waals surface area (Å²) in [6, 6.07) is 13.4. The van der Waals surface area contributed by atoms with Gasteiger partial charge in [-0.15, -0.1) is 11.3 Å². The molecule has 21 heavy (non-hydrogen) atoms. The molecule has 3 heterocycles. The third kappa shape index (κ3) is 2.14. The van der Waals surface area contributed by atoms with Gasteiger partial charge in [-0.05, 0) is 35.9 Å². The quantitative estimate of drug-likeness (QED) is 0.782. The summed E-state index contributed by atoms with van der Waals surface area (Å²) < 4.78 is 2.01. The predicted molar refractivity (Wildman–Crippen MR) is 84.6 cm³/mol. The van der Waals surface area contributed by atoms with Crippen molar-refractivity contribution in [2.45, 2.75) is 25.4 Å². The second-order valence-corrected chi connectivity index (χ2v) is 6.33. The highest BCUT2D eigenvalue weighted by molar-refractivity contribution is 7.10. The Balaban J connectivity index is 1.78. The average Bonchev–Trinajstić information content (AvgIpc) is 3.18. The number of fused-ring (bicyclic) bond motifs is 1. The van der Waals surface area contributed by atoms with E-state index < -0.39 is 0 Å². The lowest BCUT2D eigenvalue weighted by molar-refractivity contribution is 0.432. The summed E-state index contributed by atoms with van der Waals surface area (Å²) in [5, 5.41) is 10.0. The van der Waals surface area contributed by atoms with Crippen molar-refractivity contribution in [1.29, 1.82) is 0 Å². The van der Waals surface area contributed by atoms with Crippen LogP contribution in [0.2, 0.25) is 0 Å². The predicted octanol–water partition coefficient (Wildman–Crippen LogP) is 3.79. The number of benzene rings is 1. The summed E-state index contributed by atoms with van der Waals surface area (Å²) in [6.07, 6.45) is 2.62. The Bertz CT molecular complexity index is 747. The zero-order valence-corrected chi connectivity index (χ0v) is 12.5. The number of nitrogens with one attached hydrogen (secondary N) is 1. The third-order valence-electron chi connectivity index (χ3n) is 4.06. The van der Waals surface area contributed by atoms with E-state index in [4.69, 9.17) is 0 Å². The molecule has 3 aromatic rings. The van der Waals surface area contributed by atoms with Crippen molar-refractivity contribution in [2.24, 2.45) is 0 Å². The minimum Gasteiger partial charge on any atom is -0.347 e. The zero-order valence-electron chi connectivity index (χ0n) is 11.7. The highest BCUT2D eigenvalue weighted by Crippen LogP contribution is 2.39. The van der Waals surface area contributed by atoms with Crippen molar-refractivity contribution < 1.29 is 0 Å². The first kappa shape index (κ1) is 12.6. The first-order chi connectivity index (χ1) is 10.3. The Hall–Kier alpha value is -2.14. The van der Waals surface area contributed by atoms with Gasteiger partial charge >= 0.3 is 0 Å². The Morgan fingerprint density at radius 3 is 2.95 bits per heavy atom.